The standard InChI is InChI=1S/C18H18F2N2O/c1-22(17-7-6-12-4-2-3-5-16(12)17)11-18(23)21-15-9-13(19)8-14(20)10-15/h2-5,8-10,17H,6-7,11H2,1H3,(H,21,23)/t17-/m0/s1. The van der Waals surface area contributed by atoms with Crippen LogP contribution in [0.5, 0.6) is 0 Å². The third-order valence-electron chi connectivity index (χ3n) is 4.17. The minimum Gasteiger partial charge on any atom is -0.325 e. The fourth-order valence-electron chi connectivity index (χ4n) is 3.16. The van der Waals surface area contributed by atoms with Crippen LogP contribution in [0.15, 0.2) is 42.5 Å². The third kappa shape index (κ3) is 3.56. The normalized spacial score (nSPS) is 16.4. The SMILES string of the molecule is CN(CC(=O)Nc1cc(F)cc(F)c1)[C@H]1CCc2ccccc21. The first-order valence-corrected chi connectivity index (χ1v) is 7.57. The number of amides is 1. The number of hydrogen-bond donors (Lipinski definition) is 1. The Kier molecular flexibility index (Phi) is 4.39. The van der Waals surface area contributed by atoms with E-state index in [0.29, 0.717) is 0 Å². The molecule has 1 aliphatic carbocycles. The molecule has 23 heavy (non-hydrogen) atoms. The number of hydrogen-bond acceptors (Lipinski definition) is 2. The van der Waals surface area contributed by atoms with Crippen molar-refractivity contribution in [3.63, 3.8) is 0 Å². The van der Waals surface area contributed by atoms with E-state index < -0.39 is 11.6 Å². The van der Waals surface area contributed by atoms with Crippen molar-refractivity contribution < 1.29 is 13.6 Å². The highest BCUT2D eigenvalue weighted by Gasteiger charge is 2.26. The minimum absolute atomic E-state index is 0.132. The smallest absolute Gasteiger partial charge is 0.238 e. The summed E-state index contributed by atoms with van der Waals surface area (Å²) < 4.78 is 26.3. The van der Waals surface area contributed by atoms with E-state index in [4.69, 9.17) is 0 Å². The summed E-state index contributed by atoms with van der Waals surface area (Å²) in [6, 6.07) is 11.4. The van der Waals surface area contributed by atoms with Crippen molar-refractivity contribution in [3.8, 4) is 0 Å². The summed E-state index contributed by atoms with van der Waals surface area (Å²) >= 11 is 0. The number of carbonyl (C=O) groups is 1. The molecular formula is C18H18F2N2O. The minimum atomic E-state index is -0.710. The number of fused-ring (bicyclic) bond motifs is 1. The molecule has 0 spiro atoms. The highest BCUT2D eigenvalue weighted by molar-refractivity contribution is 5.92. The maximum Gasteiger partial charge on any atom is 0.238 e. The predicted molar refractivity (Wildman–Crippen MR) is 85.1 cm³/mol. The van der Waals surface area contributed by atoms with Gasteiger partial charge in [-0.3, -0.25) is 9.69 Å². The molecule has 0 unspecified atom stereocenters. The highest BCUT2D eigenvalue weighted by Crippen LogP contribution is 2.34. The van der Waals surface area contributed by atoms with Crippen molar-refractivity contribution in [2.45, 2.75) is 18.9 Å². The molecule has 0 fully saturated rings. The number of halogens is 2. The van der Waals surface area contributed by atoms with E-state index in [9.17, 15) is 13.6 Å². The van der Waals surface area contributed by atoms with Gasteiger partial charge in [-0.15, -0.1) is 0 Å². The Hall–Kier alpha value is -2.27. The van der Waals surface area contributed by atoms with Gasteiger partial charge in [-0.25, -0.2) is 8.78 Å². The number of nitrogens with zero attached hydrogens (tertiary/aromatic N) is 1. The number of carbonyl (C=O) groups excluding carboxylic acids is 1. The van der Waals surface area contributed by atoms with Crippen LogP contribution in [0.3, 0.4) is 0 Å². The molecule has 0 aliphatic heterocycles. The number of nitrogens with one attached hydrogen (secondary N) is 1. The fourth-order valence-corrected chi connectivity index (χ4v) is 3.16. The molecule has 0 saturated heterocycles. The van der Waals surface area contributed by atoms with Gasteiger partial charge in [0.1, 0.15) is 11.6 Å². The molecule has 5 heteroatoms. The molecule has 1 aliphatic rings. The Morgan fingerprint density at radius 3 is 2.65 bits per heavy atom. The summed E-state index contributed by atoms with van der Waals surface area (Å²) in [5.74, 6) is -1.71. The van der Waals surface area contributed by atoms with Crippen molar-refractivity contribution in [2.24, 2.45) is 0 Å². The molecule has 3 rings (SSSR count). The second-order valence-electron chi connectivity index (χ2n) is 5.87. The Balaban J connectivity index is 1.64. The van der Waals surface area contributed by atoms with Crippen molar-refractivity contribution >= 4 is 11.6 Å². The molecule has 0 saturated carbocycles. The van der Waals surface area contributed by atoms with Gasteiger partial charge in [0.2, 0.25) is 5.91 Å². The largest absolute Gasteiger partial charge is 0.325 e. The maximum atomic E-state index is 13.2. The number of aryl methyl sites for hydroxylation is 1. The monoisotopic (exact) mass is 316 g/mol. The Labute approximate surface area is 133 Å². The molecule has 120 valence electrons. The molecule has 2 aromatic rings. The van der Waals surface area contributed by atoms with E-state index in [2.05, 4.69) is 17.4 Å². The van der Waals surface area contributed by atoms with Crippen LogP contribution in [0, 0.1) is 11.6 Å². The van der Waals surface area contributed by atoms with Crippen LogP contribution in [0.2, 0.25) is 0 Å². The van der Waals surface area contributed by atoms with E-state index in [1.807, 2.05) is 24.1 Å². The molecule has 1 atom stereocenters. The van der Waals surface area contributed by atoms with Crippen molar-refractivity contribution in [1.82, 2.24) is 4.90 Å². The fraction of sp³-hybridized carbons (Fsp3) is 0.278. The first-order chi connectivity index (χ1) is 11.0. The van der Waals surface area contributed by atoms with Crippen LogP contribution >= 0.6 is 0 Å². The molecule has 0 radical (unpaired) electrons. The van der Waals surface area contributed by atoms with Crippen LogP contribution in [-0.4, -0.2) is 24.4 Å². The molecule has 3 nitrogen and oxygen atoms in total. The first-order valence-electron chi connectivity index (χ1n) is 7.57. The van der Waals surface area contributed by atoms with Gasteiger partial charge in [-0.2, -0.15) is 0 Å². The van der Waals surface area contributed by atoms with E-state index in [1.54, 1.807) is 0 Å². The van der Waals surface area contributed by atoms with Gasteiger partial charge < -0.3 is 5.32 Å². The zero-order chi connectivity index (χ0) is 16.4. The van der Waals surface area contributed by atoms with Gasteiger partial charge in [0.05, 0.1) is 6.54 Å². The first kappa shape index (κ1) is 15.6. The summed E-state index contributed by atoms with van der Waals surface area (Å²) in [5, 5.41) is 2.54. The maximum absolute atomic E-state index is 13.2. The predicted octanol–water partition coefficient (Wildman–Crippen LogP) is 3.52. The van der Waals surface area contributed by atoms with Crippen molar-refractivity contribution in [2.75, 3.05) is 18.9 Å². The summed E-state index contributed by atoms with van der Waals surface area (Å²) in [4.78, 5) is 14.1. The average Bonchev–Trinajstić information content (AvgIpc) is 2.89. The second-order valence-corrected chi connectivity index (χ2v) is 5.87. The van der Waals surface area contributed by atoms with Crippen LogP contribution in [0.4, 0.5) is 14.5 Å². The van der Waals surface area contributed by atoms with Crippen LogP contribution in [0.25, 0.3) is 0 Å². The number of anilines is 1. The average molecular weight is 316 g/mol. The van der Waals surface area contributed by atoms with Gasteiger partial charge in [0, 0.05) is 17.8 Å². The van der Waals surface area contributed by atoms with Crippen LogP contribution < -0.4 is 5.32 Å². The van der Waals surface area contributed by atoms with Crippen molar-refractivity contribution in [3.05, 3.63) is 65.2 Å². The molecule has 1 amide bonds. The van der Waals surface area contributed by atoms with Gasteiger partial charge in [-0.1, -0.05) is 24.3 Å². The van der Waals surface area contributed by atoms with Crippen LogP contribution in [0.1, 0.15) is 23.6 Å². The zero-order valence-electron chi connectivity index (χ0n) is 12.9. The quantitative estimate of drug-likeness (QED) is 0.936. The summed E-state index contributed by atoms with van der Waals surface area (Å²) in [7, 11) is 1.89. The van der Waals surface area contributed by atoms with Crippen molar-refractivity contribution in [1.29, 1.82) is 0 Å². The summed E-state index contributed by atoms with van der Waals surface area (Å²) in [6.07, 6.45) is 1.97. The molecule has 2 aromatic carbocycles. The van der Waals surface area contributed by atoms with Crippen LogP contribution in [-0.2, 0) is 11.2 Å². The zero-order valence-corrected chi connectivity index (χ0v) is 12.9. The molecule has 1 N–H and O–H groups in total. The lowest BCUT2D eigenvalue weighted by atomic mass is 10.1. The number of rotatable bonds is 4. The molecule has 0 bridgehead atoms. The van der Waals surface area contributed by atoms with Gasteiger partial charge in [0.25, 0.3) is 0 Å². The second kappa shape index (κ2) is 6.46. The number of likely N-dealkylation sites (N-methyl/N-ethyl adjacent to an activating group) is 1. The van der Waals surface area contributed by atoms with Gasteiger partial charge in [0.15, 0.2) is 0 Å². The highest BCUT2D eigenvalue weighted by atomic mass is 19.1. The lowest BCUT2D eigenvalue weighted by Crippen LogP contribution is -2.32. The Bertz CT molecular complexity index is 712. The molecule has 0 aromatic heterocycles. The molecule has 0 heterocycles. The van der Waals surface area contributed by atoms with E-state index >= 15 is 0 Å². The molecular weight excluding hydrogens is 298 g/mol. The number of benzene rings is 2. The van der Waals surface area contributed by atoms with E-state index in [1.165, 1.54) is 11.1 Å². The lowest BCUT2D eigenvalue weighted by Gasteiger charge is -2.24. The van der Waals surface area contributed by atoms with Gasteiger partial charge >= 0.3 is 0 Å². The van der Waals surface area contributed by atoms with E-state index in [-0.39, 0.29) is 24.2 Å². The third-order valence-corrected chi connectivity index (χ3v) is 4.17. The van der Waals surface area contributed by atoms with E-state index in [0.717, 1.165) is 31.0 Å². The topological polar surface area (TPSA) is 32.3 Å². The summed E-state index contributed by atoms with van der Waals surface area (Å²) in [6.45, 7) is 0.164. The Morgan fingerprint density at radius 2 is 1.91 bits per heavy atom. The summed E-state index contributed by atoms with van der Waals surface area (Å²) in [5.41, 5.74) is 2.70. The van der Waals surface area contributed by atoms with Gasteiger partial charge in [-0.05, 0) is 43.1 Å². The Morgan fingerprint density at radius 1 is 1.22 bits per heavy atom. The lowest BCUT2D eigenvalue weighted by molar-refractivity contribution is -0.117.